The minimum absolute atomic E-state index is 0.952. The first-order valence-corrected chi connectivity index (χ1v) is 7.15. The molecule has 0 saturated carbocycles. The van der Waals surface area contributed by atoms with Gasteiger partial charge in [0, 0.05) is 18.2 Å². The molecular weight excluding hydrogens is 256 g/mol. The predicted molar refractivity (Wildman–Crippen MR) is 86.2 cm³/mol. The van der Waals surface area contributed by atoms with E-state index in [1.807, 2.05) is 6.20 Å². The lowest BCUT2D eigenvalue weighted by Gasteiger charge is -1.96. The molecule has 0 fully saturated rings. The van der Waals surface area contributed by atoms with Crippen molar-refractivity contribution in [1.29, 1.82) is 0 Å². The van der Waals surface area contributed by atoms with Crippen LogP contribution in [0, 0.1) is 13.8 Å². The van der Waals surface area contributed by atoms with E-state index in [0.717, 1.165) is 12.1 Å². The van der Waals surface area contributed by atoms with E-state index in [2.05, 4.69) is 72.3 Å². The smallest absolute Gasteiger partial charge is 0.115 e. The summed E-state index contributed by atoms with van der Waals surface area (Å²) < 4.78 is 0. The Hall–Kier alpha value is -2.48. The van der Waals surface area contributed by atoms with Crippen molar-refractivity contribution in [1.82, 2.24) is 9.97 Å². The molecule has 2 nitrogen and oxygen atoms in total. The van der Waals surface area contributed by atoms with Crippen LogP contribution in [0.5, 0.6) is 0 Å². The average molecular weight is 274 g/mol. The molecule has 1 aliphatic rings. The zero-order valence-electron chi connectivity index (χ0n) is 12.4. The number of aromatic nitrogens is 2. The Labute approximate surface area is 125 Å². The van der Waals surface area contributed by atoms with Gasteiger partial charge in [-0.3, -0.25) is 0 Å². The fourth-order valence-corrected chi connectivity index (χ4v) is 2.50. The summed E-state index contributed by atoms with van der Waals surface area (Å²) in [7, 11) is 0. The standard InChI is InChI=1S/C11H8N2.C8H10/c1-2-4-9-8(3-1)5-11-10(9)6-12-7-13-11;1-7-5-3-4-6-8(7)2/h1-4,6-7H,5H2;3-6H,1-2H3. The van der Waals surface area contributed by atoms with Gasteiger partial charge in [-0.25, -0.2) is 9.97 Å². The molecule has 0 N–H and O–H groups in total. The normalized spacial score (nSPS) is 11.1. The lowest BCUT2D eigenvalue weighted by molar-refractivity contribution is 1.07. The molecule has 0 aliphatic heterocycles. The molecule has 0 spiro atoms. The summed E-state index contributed by atoms with van der Waals surface area (Å²) in [5.41, 5.74) is 7.73. The van der Waals surface area contributed by atoms with Crippen LogP contribution in [-0.4, -0.2) is 9.97 Å². The van der Waals surface area contributed by atoms with Crippen molar-refractivity contribution in [3.05, 3.63) is 83.4 Å². The van der Waals surface area contributed by atoms with Gasteiger partial charge in [0.25, 0.3) is 0 Å². The van der Waals surface area contributed by atoms with Crippen LogP contribution in [-0.2, 0) is 6.42 Å². The molecule has 1 aromatic heterocycles. The van der Waals surface area contributed by atoms with Crippen molar-refractivity contribution in [2.45, 2.75) is 20.3 Å². The van der Waals surface area contributed by atoms with Crippen LogP contribution in [0.1, 0.15) is 22.4 Å². The fraction of sp³-hybridized carbons (Fsp3) is 0.158. The van der Waals surface area contributed by atoms with Gasteiger partial charge in [0.05, 0.1) is 5.69 Å². The highest BCUT2D eigenvalue weighted by atomic mass is 14.8. The maximum absolute atomic E-state index is 4.26. The van der Waals surface area contributed by atoms with E-state index in [0.29, 0.717) is 0 Å². The van der Waals surface area contributed by atoms with Crippen molar-refractivity contribution in [2.75, 3.05) is 0 Å². The van der Waals surface area contributed by atoms with Crippen LogP contribution in [0.2, 0.25) is 0 Å². The van der Waals surface area contributed by atoms with E-state index in [1.54, 1.807) is 6.33 Å². The van der Waals surface area contributed by atoms with Gasteiger partial charge in [0.15, 0.2) is 0 Å². The molecule has 0 amide bonds. The van der Waals surface area contributed by atoms with E-state index >= 15 is 0 Å². The van der Waals surface area contributed by atoms with Gasteiger partial charge in [-0.1, -0.05) is 48.5 Å². The second kappa shape index (κ2) is 5.88. The lowest BCUT2D eigenvalue weighted by Crippen LogP contribution is -1.86. The number of fused-ring (bicyclic) bond motifs is 3. The van der Waals surface area contributed by atoms with Gasteiger partial charge in [-0.05, 0) is 36.1 Å². The van der Waals surface area contributed by atoms with Crippen molar-refractivity contribution < 1.29 is 0 Å². The summed E-state index contributed by atoms with van der Waals surface area (Å²) in [6, 6.07) is 16.8. The first-order chi connectivity index (χ1) is 10.3. The van der Waals surface area contributed by atoms with Crippen molar-refractivity contribution in [3.8, 4) is 11.1 Å². The predicted octanol–water partition coefficient (Wildman–Crippen LogP) is 4.35. The molecular formula is C19H18N2. The summed E-state index contributed by atoms with van der Waals surface area (Å²) in [6.45, 7) is 4.24. The minimum atomic E-state index is 0.952. The molecule has 1 heterocycles. The van der Waals surface area contributed by atoms with E-state index in [-0.39, 0.29) is 0 Å². The van der Waals surface area contributed by atoms with Crippen molar-refractivity contribution >= 4 is 0 Å². The Balaban J connectivity index is 0.000000143. The highest BCUT2D eigenvalue weighted by Crippen LogP contribution is 2.33. The fourth-order valence-electron chi connectivity index (χ4n) is 2.50. The van der Waals surface area contributed by atoms with Gasteiger partial charge < -0.3 is 0 Å². The molecule has 0 bridgehead atoms. The number of benzene rings is 2. The number of aryl methyl sites for hydroxylation is 2. The molecule has 2 aromatic carbocycles. The second-order valence-corrected chi connectivity index (χ2v) is 5.30. The Morgan fingerprint density at radius 2 is 1.48 bits per heavy atom. The molecule has 0 atom stereocenters. The van der Waals surface area contributed by atoms with Crippen LogP contribution < -0.4 is 0 Å². The molecule has 3 aromatic rings. The molecule has 0 unspecified atom stereocenters. The highest BCUT2D eigenvalue weighted by molar-refractivity contribution is 5.74. The molecule has 2 heteroatoms. The molecule has 4 rings (SSSR count). The quantitative estimate of drug-likeness (QED) is 0.476. The van der Waals surface area contributed by atoms with Crippen LogP contribution in [0.25, 0.3) is 11.1 Å². The number of rotatable bonds is 0. The Bertz CT molecular complexity index is 698. The first-order valence-electron chi connectivity index (χ1n) is 7.15. The van der Waals surface area contributed by atoms with Crippen LogP contribution in [0.4, 0.5) is 0 Å². The van der Waals surface area contributed by atoms with Gasteiger partial charge in [0.1, 0.15) is 6.33 Å². The van der Waals surface area contributed by atoms with Gasteiger partial charge in [0.2, 0.25) is 0 Å². The lowest BCUT2D eigenvalue weighted by atomic mass is 10.1. The topological polar surface area (TPSA) is 25.8 Å². The Morgan fingerprint density at radius 1 is 0.810 bits per heavy atom. The van der Waals surface area contributed by atoms with E-state index in [1.165, 1.54) is 27.8 Å². The second-order valence-electron chi connectivity index (χ2n) is 5.30. The number of nitrogens with zero attached hydrogens (tertiary/aromatic N) is 2. The molecule has 104 valence electrons. The van der Waals surface area contributed by atoms with Crippen LogP contribution >= 0.6 is 0 Å². The van der Waals surface area contributed by atoms with Gasteiger partial charge in [-0.2, -0.15) is 0 Å². The molecule has 21 heavy (non-hydrogen) atoms. The minimum Gasteiger partial charge on any atom is -0.244 e. The highest BCUT2D eigenvalue weighted by Gasteiger charge is 2.17. The summed E-state index contributed by atoms with van der Waals surface area (Å²) in [5, 5.41) is 0. The summed E-state index contributed by atoms with van der Waals surface area (Å²) in [6.07, 6.45) is 4.47. The monoisotopic (exact) mass is 274 g/mol. The van der Waals surface area contributed by atoms with Gasteiger partial charge >= 0.3 is 0 Å². The van der Waals surface area contributed by atoms with Crippen molar-refractivity contribution in [3.63, 3.8) is 0 Å². The van der Waals surface area contributed by atoms with Gasteiger partial charge in [-0.15, -0.1) is 0 Å². The van der Waals surface area contributed by atoms with Crippen LogP contribution in [0.15, 0.2) is 61.1 Å². The first kappa shape index (κ1) is 13.5. The third-order valence-electron chi connectivity index (χ3n) is 3.89. The van der Waals surface area contributed by atoms with E-state index in [9.17, 15) is 0 Å². The zero-order chi connectivity index (χ0) is 14.7. The third kappa shape index (κ3) is 2.84. The number of hydrogen-bond acceptors (Lipinski definition) is 2. The summed E-state index contributed by atoms with van der Waals surface area (Å²) in [5.74, 6) is 0. The zero-order valence-corrected chi connectivity index (χ0v) is 12.4. The molecule has 0 radical (unpaired) electrons. The van der Waals surface area contributed by atoms with E-state index in [4.69, 9.17) is 0 Å². The van der Waals surface area contributed by atoms with Crippen LogP contribution in [0.3, 0.4) is 0 Å². The van der Waals surface area contributed by atoms with E-state index < -0.39 is 0 Å². The maximum atomic E-state index is 4.26. The summed E-state index contributed by atoms with van der Waals surface area (Å²) in [4.78, 5) is 8.31. The van der Waals surface area contributed by atoms with Crippen molar-refractivity contribution in [2.24, 2.45) is 0 Å². The number of hydrogen-bond donors (Lipinski definition) is 0. The largest absolute Gasteiger partial charge is 0.244 e. The maximum Gasteiger partial charge on any atom is 0.115 e. The third-order valence-corrected chi connectivity index (χ3v) is 3.89. The summed E-state index contributed by atoms with van der Waals surface area (Å²) >= 11 is 0. The molecule has 0 saturated heterocycles. The molecule has 1 aliphatic carbocycles. The Morgan fingerprint density at radius 3 is 2.19 bits per heavy atom. The Kier molecular flexibility index (Phi) is 3.78. The average Bonchev–Trinajstić information content (AvgIpc) is 2.90. The SMILES string of the molecule is Cc1ccccc1C.c1ccc2c(c1)Cc1ncncc1-2.